The maximum atomic E-state index is 12.5. The topological polar surface area (TPSA) is 66.5 Å². The summed E-state index contributed by atoms with van der Waals surface area (Å²) in [7, 11) is 2.10. The number of piperazine rings is 1. The molecule has 1 atom stereocenters. The zero-order valence-electron chi connectivity index (χ0n) is 16.6. The highest BCUT2D eigenvalue weighted by atomic mass is 16.7. The summed E-state index contributed by atoms with van der Waals surface area (Å²) >= 11 is 0. The molecule has 2 amide bonds. The van der Waals surface area contributed by atoms with Gasteiger partial charge in [0, 0.05) is 58.3 Å². The van der Waals surface area contributed by atoms with E-state index in [0.717, 1.165) is 63.9 Å². The summed E-state index contributed by atoms with van der Waals surface area (Å²) in [5.74, 6) is 1.99. The summed E-state index contributed by atoms with van der Waals surface area (Å²) in [6, 6.07) is 6.14. The Morgan fingerprint density at radius 3 is 2.82 bits per heavy atom. The van der Waals surface area contributed by atoms with Gasteiger partial charge in [0.15, 0.2) is 11.5 Å². The largest absolute Gasteiger partial charge is 0.454 e. The first-order valence-electron chi connectivity index (χ1n) is 10.1. The number of rotatable bonds is 4. The minimum atomic E-state index is 0.0367. The van der Waals surface area contributed by atoms with Gasteiger partial charge < -0.3 is 29.3 Å². The van der Waals surface area contributed by atoms with Crippen LogP contribution in [-0.2, 0) is 11.3 Å². The molecule has 2 fully saturated rings. The number of urea groups is 1. The lowest BCUT2D eigenvalue weighted by Crippen LogP contribution is -2.52. The third-order valence-electron chi connectivity index (χ3n) is 5.59. The van der Waals surface area contributed by atoms with Crippen LogP contribution in [0.3, 0.4) is 0 Å². The summed E-state index contributed by atoms with van der Waals surface area (Å²) in [5, 5.41) is 3.09. The third kappa shape index (κ3) is 4.87. The van der Waals surface area contributed by atoms with Crippen molar-refractivity contribution < 1.29 is 19.0 Å². The van der Waals surface area contributed by atoms with Crippen molar-refractivity contribution in [3.63, 3.8) is 0 Å². The highest BCUT2D eigenvalue weighted by molar-refractivity contribution is 5.74. The Balaban J connectivity index is 1.20. The third-order valence-corrected chi connectivity index (χ3v) is 5.59. The molecule has 8 heteroatoms. The number of carbonyl (C=O) groups is 1. The van der Waals surface area contributed by atoms with Crippen LogP contribution in [0.25, 0.3) is 0 Å². The van der Waals surface area contributed by atoms with Gasteiger partial charge in [0.1, 0.15) is 0 Å². The van der Waals surface area contributed by atoms with Crippen LogP contribution in [0.1, 0.15) is 5.56 Å². The molecule has 2 saturated heterocycles. The number of hydrogen-bond acceptors (Lipinski definition) is 6. The molecule has 4 rings (SSSR count). The van der Waals surface area contributed by atoms with Gasteiger partial charge in [-0.15, -0.1) is 0 Å². The molecule has 0 spiro atoms. The van der Waals surface area contributed by atoms with Crippen molar-refractivity contribution in [2.45, 2.75) is 6.54 Å². The Kier molecular flexibility index (Phi) is 6.19. The van der Waals surface area contributed by atoms with E-state index in [9.17, 15) is 4.79 Å². The maximum absolute atomic E-state index is 12.5. The average Bonchev–Trinajstić information content (AvgIpc) is 3.07. The van der Waals surface area contributed by atoms with Crippen LogP contribution in [0.5, 0.6) is 11.5 Å². The van der Waals surface area contributed by atoms with Crippen LogP contribution in [0.4, 0.5) is 4.79 Å². The molecule has 3 aliphatic heterocycles. The van der Waals surface area contributed by atoms with Gasteiger partial charge in [-0.05, 0) is 24.7 Å². The first-order valence-corrected chi connectivity index (χ1v) is 10.1. The Hall–Kier alpha value is -2.03. The van der Waals surface area contributed by atoms with Gasteiger partial charge in [0.2, 0.25) is 6.79 Å². The van der Waals surface area contributed by atoms with Gasteiger partial charge in [-0.1, -0.05) is 6.07 Å². The first-order chi connectivity index (χ1) is 13.7. The molecule has 1 aromatic carbocycles. The number of nitrogens with zero attached hydrogens (tertiary/aromatic N) is 3. The number of fused-ring (bicyclic) bond motifs is 1. The van der Waals surface area contributed by atoms with Crippen LogP contribution >= 0.6 is 0 Å². The SMILES string of the molecule is CN1CCOCC(CNC(=O)N2CCN(Cc3ccc4c(c3)OCO4)CC2)C1. The molecule has 0 aliphatic carbocycles. The van der Waals surface area contributed by atoms with Crippen molar-refractivity contribution in [1.82, 2.24) is 20.0 Å². The van der Waals surface area contributed by atoms with E-state index in [2.05, 4.69) is 28.2 Å². The Bertz CT molecular complexity index is 678. The van der Waals surface area contributed by atoms with E-state index in [0.29, 0.717) is 25.9 Å². The number of carbonyl (C=O) groups excluding carboxylic acids is 1. The second kappa shape index (κ2) is 8.98. The minimum absolute atomic E-state index is 0.0367. The van der Waals surface area contributed by atoms with Crippen molar-refractivity contribution in [2.75, 3.05) is 72.9 Å². The van der Waals surface area contributed by atoms with Crippen molar-refractivity contribution in [1.29, 1.82) is 0 Å². The minimum Gasteiger partial charge on any atom is -0.454 e. The number of likely N-dealkylation sites (N-methyl/N-ethyl adjacent to an activating group) is 1. The lowest BCUT2D eigenvalue weighted by Gasteiger charge is -2.35. The van der Waals surface area contributed by atoms with Crippen molar-refractivity contribution in [3.05, 3.63) is 23.8 Å². The molecule has 0 aromatic heterocycles. The second-order valence-corrected chi connectivity index (χ2v) is 7.84. The molecule has 1 aromatic rings. The maximum Gasteiger partial charge on any atom is 0.317 e. The number of hydrogen-bond donors (Lipinski definition) is 1. The number of benzene rings is 1. The summed E-state index contributed by atoms with van der Waals surface area (Å²) in [4.78, 5) is 19.1. The molecule has 154 valence electrons. The lowest BCUT2D eigenvalue weighted by molar-refractivity contribution is 0.117. The quantitative estimate of drug-likeness (QED) is 0.821. The molecule has 8 nitrogen and oxygen atoms in total. The van der Waals surface area contributed by atoms with E-state index >= 15 is 0 Å². The summed E-state index contributed by atoms with van der Waals surface area (Å²) in [6.07, 6.45) is 0. The zero-order valence-corrected chi connectivity index (χ0v) is 16.6. The van der Waals surface area contributed by atoms with Crippen LogP contribution in [-0.4, -0.2) is 93.6 Å². The van der Waals surface area contributed by atoms with E-state index in [1.807, 2.05) is 17.0 Å². The van der Waals surface area contributed by atoms with Gasteiger partial charge in [0.25, 0.3) is 0 Å². The predicted octanol–water partition coefficient (Wildman–Crippen LogP) is 0.821. The van der Waals surface area contributed by atoms with Crippen molar-refractivity contribution >= 4 is 6.03 Å². The Labute approximate surface area is 166 Å². The van der Waals surface area contributed by atoms with Crippen LogP contribution < -0.4 is 14.8 Å². The van der Waals surface area contributed by atoms with Crippen LogP contribution in [0.2, 0.25) is 0 Å². The fourth-order valence-corrected chi connectivity index (χ4v) is 3.93. The number of amides is 2. The molecule has 1 unspecified atom stereocenters. The molecular weight excluding hydrogens is 360 g/mol. The first kappa shape index (κ1) is 19.3. The Morgan fingerprint density at radius 1 is 1.14 bits per heavy atom. The molecule has 0 radical (unpaired) electrons. The number of nitrogens with one attached hydrogen (secondary N) is 1. The standard InChI is InChI=1S/C20H30N4O4/c1-22-8-9-26-14-17(12-22)11-21-20(25)24-6-4-23(5-7-24)13-16-2-3-18-19(10-16)28-15-27-18/h2-3,10,17H,4-9,11-15H2,1H3,(H,21,25). The van der Waals surface area contributed by atoms with Crippen molar-refractivity contribution in [2.24, 2.45) is 5.92 Å². The number of ether oxygens (including phenoxy) is 3. The smallest absolute Gasteiger partial charge is 0.317 e. The molecule has 0 bridgehead atoms. The fourth-order valence-electron chi connectivity index (χ4n) is 3.93. The van der Waals surface area contributed by atoms with Crippen LogP contribution in [0, 0.1) is 5.92 Å². The Morgan fingerprint density at radius 2 is 1.96 bits per heavy atom. The zero-order chi connectivity index (χ0) is 19.3. The van der Waals surface area contributed by atoms with E-state index < -0.39 is 0 Å². The van der Waals surface area contributed by atoms with E-state index in [-0.39, 0.29) is 6.03 Å². The van der Waals surface area contributed by atoms with E-state index in [1.54, 1.807) is 0 Å². The monoisotopic (exact) mass is 390 g/mol. The van der Waals surface area contributed by atoms with Crippen LogP contribution in [0.15, 0.2) is 18.2 Å². The molecule has 28 heavy (non-hydrogen) atoms. The fraction of sp³-hybridized carbons (Fsp3) is 0.650. The molecule has 0 saturated carbocycles. The second-order valence-electron chi connectivity index (χ2n) is 7.84. The molecular formula is C20H30N4O4. The highest BCUT2D eigenvalue weighted by Gasteiger charge is 2.23. The summed E-state index contributed by atoms with van der Waals surface area (Å²) in [5.41, 5.74) is 1.21. The summed E-state index contributed by atoms with van der Waals surface area (Å²) in [6.45, 7) is 8.47. The van der Waals surface area contributed by atoms with Crippen molar-refractivity contribution in [3.8, 4) is 11.5 Å². The molecule has 3 aliphatic rings. The normalized spacial score (nSPS) is 23.5. The van der Waals surface area contributed by atoms with E-state index in [4.69, 9.17) is 14.2 Å². The molecule has 1 N–H and O–H groups in total. The van der Waals surface area contributed by atoms with E-state index in [1.165, 1.54) is 5.56 Å². The van der Waals surface area contributed by atoms with Gasteiger partial charge in [-0.25, -0.2) is 4.79 Å². The predicted molar refractivity (Wildman–Crippen MR) is 105 cm³/mol. The average molecular weight is 390 g/mol. The molecule has 3 heterocycles. The van der Waals surface area contributed by atoms with Gasteiger partial charge in [0.05, 0.1) is 13.2 Å². The lowest BCUT2D eigenvalue weighted by atomic mass is 10.1. The van der Waals surface area contributed by atoms with Gasteiger partial charge >= 0.3 is 6.03 Å². The van der Waals surface area contributed by atoms with Gasteiger partial charge in [-0.2, -0.15) is 0 Å². The van der Waals surface area contributed by atoms with Gasteiger partial charge in [-0.3, -0.25) is 4.90 Å². The summed E-state index contributed by atoms with van der Waals surface area (Å²) < 4.78 is 16.4. The highest BCUT2D eigenvalue weighted by Crippen LogP contribution is 2.32.